The van der Waals surface area contributed by atoms with Gasteiger partial charge in [-0.25, -0.2) is 0 Å². The number of hydrogen-bond acceptors (Lipinski definition) is 2. The maximum atomic E-state index is 3.54. The van der Waals surface area contributed by atoms with Crippen molar-refractivity contribution < 1.29 is 0 Å². The number of rotatable bonds is 1. The number of halogens is 1. The average Bonchev–Trinajstić information content (AvgIpc) is 2.23. The van der Waals surface area contributed by atoms with Crippen LogP contribution >= 0.6 is 15.9 Å². The summed E-state index contributed by atoms with van der Waals surface area (Å²) in [5.41, 5.74) is 2.74. The van der Waals surface area contributed by atoms with Crippen LogP contribution in [-0.4, -0.2) is 38.1 Å². The standard InChI is InChI=1S/C12H17BrN2/c1-10-3-4-11(13)9-12(10)15-7-5-14(2)6-8-15/h3-4,9H,5-8H2,1-2H3. The van der Waals surface area contributed by atoms with Crippen LogP contribution in [0.2, 0.25) is 0 Å². The fraction of sp³-hybridized carbons (Fsp3) is 0.500. The Labute approximate surface area is 100 Å². The van der Waals surface area contributed by atoms with Crippen LogP contribution in [0.15, 0.2) is 22.7 Å². The van der Waals surface area contributed by atoms with Crippen molar-refractivity contribution in [2.75, 3.05) is 38.1 Å². The third kappa shape index (κ3) is 2.52. The minimum absolute atomic E-state index is 1.13. The van der Waals surface area contributed by atoms with E-state index >= 15 is 0 Å². The van der Waals surface area contributed by atoms with Crippen LogP contribution in [0.4, 0.5) is 5.69 Å². The number of benzene rings is 1. The Morgan fingerprint density at radius 2 is 1.80 bits per heavy atom. The van der Waals surface area contributed by atoms with Gasteiger partial charge >= 0.3 is 0 Å². The Hall–Kier alpha value is -0.540. The molecule has 0 aromatic heterocycles. The average molecular weight is 269 g/mol. The van der Waals surface area contributed by atoms with Crippen LogP contribution in [0.1, 0.15) is 5.56 Å². The molecule has 0 aliphatic carbocycles. The van der Waals surface area contributed by atoms with E-state index in [-0.39, 0.29) is 0 Å². The normalized spacial score (nSPS) is 18.2. The minimum Gasteiger partial charge on any atom is -0.369 e. The predicted octanol–water partition coefficient (Wildman–Crippen LogP) is 2.51. The molecule has 3 heteroatoms. The Bertz CT molecular complexity index is 343. The summed E-state index contributed by atoms with van der Waals surface area (Å²) in [5, 5.41) is 0. The first-order valence-electron chi connectivity index (χ1n) is 5.36. The molecule has 2 rings (SSSR count). The van der Waals surface area contributed by atoms with Crippen molar-refractivity contribution in [3.8, 4) is 0 Å². The summed E-state index contributed by atoms with van der Waals surface area (Å²) in [6, 6.07) is 6.51. The summed E-state index contributed by atoms with van der Waals surface area (Å²) in [6.07, 6.45) is 0. The predicted molar refractivity (Wildman–Crippen MR) is 68.6 cm³/mol. The van der Waals surface area contributed by atoms with E-state index in [1.807, 2.05) is 0 Å². The number of likely N-dealkylation sites (N-methyl/N-ethyl adjacent to an activating group) is 1. The molecule has 1 aliphatic rings. The van der Waals surface area contributed by atoms with Gasteiger partial charge in [0.2, 0.25) is 0 Å². The number of piperazine rings is 1. The molecular formula is C12H17BrN2. The van der Waals surface area contributed by atoms with E-state index in [4.69, 9.17) is 0 Å². The molecule has 0 bridgehead atoms. The van der Waals surface area contributed by atoms with Crippen molar-refractivity contribution in [3.05, 3.63) is 28.2 Å². The molecular weight excluding hydrogens is 252 g/mol. The molecule has 0 unspecified atom stereocenters. The van der Waals surface area contributed by atoms with Crippen LogP contribution in [0.25, 0.3) is 0 Å². The second-order valence-electron chi connectivity index (χ2n) is 4.22. The zero-order valence-corrected chi connectivity index (χ0v) is 10.9. The van der Waals surface area contributed by atoms with Crippen LogP contribution in [-0.2, 0) is 0 Å². The number of anilines is 1. The van der Waals surface area contributed by atoms with E-state index in [0.29, 0.717) is 0 Å². The monoisotopic (exact) mass is 268 g/mol. The highest BCUT2D eigenvalue weighted by Crippen LogP contribution is 2.25. The van der Waals surface area contributed by atoms with Gasteiger partial charge in [0.05, 0.1) is 0 Å². The Morgan fingerprint density at radius 1 is 1.13 bits per heavy atom. The lowest BCUT2D eigenvalue weighted by Crippen LogP contribution is -2.44. The highest BCUT2D eigenvalue weighted by atomic mass is 79.9. The SMILES string of the molecule is Cc1ccc(Br)cc1N1CCN(C)CC1. The third-order valence-corrected chi connectivity index (χ3v) is 3.51. The molecule has 82 valence electrons. The summed E-state index contributed by atoms with van der Waals surface area (Å²) < 4.78 is 1.17. The van der Waals surface area contributed by atoms with Gasteiger partial charge in [0.15, 0.2) is 0 Å². The molecule has 0 saturated carbocycles. The van der Waals surface area contributed by atoms with E-state index in [2.05, 4.69) is 57.9 Å². The molecule has 1 fully saturated rings. The molecule has 15 heavy (non-hydrogen) atoms. The third-order valence-electron chi connectivity index (χ3n) is 3.02. The first-order chi connectivity index (χ1) is 7.16. The molecule has 1 saturated heterocycles. The Balaban J connectivity index is 2.18. The van der Waals surface area contributed by atoms with Gasteiger partial charge < -0.3 is 9.80 Å². The summed E-state index contributed by atoms with van der Waals surface area (Å²) >= 11 is 3.54. The van der Waals surface area contributed by atoms with E-state index in [0.717, 1.165) is 26.2 Å². The van der Waals surface area contributed by atoms with Crippen molar-refractivity contribution in [1.29, 1.82) is 0 Å². The van der Waals surface area contributed by atoms with Gasteiger partial charge in [-0.15, -0.1) is 0 Å². The zero-order valence-electron chi connectivity index (χ0n) is 9.33. The van der Waals surface area contributed by atoms with E-state index in [1.54, 1.807) is 0 Å². The largest absolute Gasteiger partial charge is 0.369 e. The lowest BCUT2D eigenvalue weighted by molar-refractivity contribution is 0.312. The summed E-state index contributed by atoms with van der Waals surface area (Å²) in [5.74, 6) is 0. The molecule has 2 nitrogen and oxygen atoms in total. The molecule has 1 aromatic rings. The van der Waals surface area contributed by atoms with E-state index in [9.17, 15) is 0 Å². The fourth-order valence-corrected chi connectivity index (χ4v) is 2.32. The first-order valence-corrected chi connectivity index (χ1v) is 6.16. The second kappa shape index (κ2) is 4.54. The zero-order chi connectivity index (χ0) is 10.8. The van der Waals surface area contributed by atoms with Gasteiger partial charge in [-0.2, -0.15) is 0 Å². The van der Waals surface area contributed by atoms with Gasteiger partial charge in [0.1, 0.15) is 0 Å². The van der Waals surface area contributed by atoms with Gasteiger partial charge in [0.25, 0.3) is 0 Å². The molecule has 0 spiro atoms. The minimum atomic E-state index is 1.13. The highest BCUT2D eigenvalue weighted by molar-refractivity contribution is 9.10. The molecule has 0 radical (unpaired) electrons. The van der Waals surface area contributed by atoms with Crippen LogP contribution in [0.5, 0.6) is 0 Å². The molecule has 1 aromatic carbocycles. The molecule has 1 heterocycles. The topological polar surface area (TPSA) is 6.48 Å². The van der Waals surface area contributed by atoms with Crippen LogP contribution < -0.4 is 4.90 Å². The van der Waals surface area contributed by atoms with Gasteiger partial charge in [0, 0.05) is 36.3 Å². The van der Waals surface area contributed by atoms with Crippen molar-refractivity contribution in [3.63, 3.8) is 0 Å². The summed E-state index contributed by atoms with van der Waals surface area (Å²) in [7, 11) is 2.19. The smallest absolute Gasteiger partial charge is 0.0408 e. The van der Waals surface area contributed by atoms with Crippen molar-refractivity contribution in [2.24, 2.45) is 0 Å². The van der Waals surface area contributed by atoms with Gasteiger partial charge in [-0.1, -0.05) is 22.0 Å². The quantitative estimate of drug-likeness (QED) is 0.773. The Kier molecular flexibility index (Phi) is 3.32. The fourth-order valence-electron chi connectivity index (χ4n) is 1.97. The summed E-state index contributed by atoms with van der Waals surface area (Å²) in [6.45, 7) is 6.76. The summed E-state index contributed by atoms with van der Waals surface area (Å²) in [4.78, 5) is 4.85. The molecule has 1 aliphatic heterocycles. The maximum Gasteiger partial charge on any atom is 0.0408 e. The van der Waals surface area contributed by atoms with Crippen molar-refractivity contribution >= 4 is 21.6 Å². The number of nitrogens with zero attached hydrogens (tertiary/aromatic N) is 2. The van der Waals surface area contributed by atoms with Gasteiger partial charge in [-0.05, 0) is 31.7 Å². The first kappa shape index (κ1) is 11.0. The molecule has 0 atom stereocenters. The second-order valence-corrected chi connectivity index (χ2v) is 5.14. The lowest BCUT2D eigenvalue weighted by Gasteiger charge is -2.35. The highest BCUT2D eigenvalue weighted by Gasteiger charge is 2.15. The van der Waals surface area contributed by atoms with Crippen molar-refractivity contribution in [1.82, 2.24) is 4.90 Å². The van der Waals surface area contributed by atoms with Crippen LogP contribution in [0.3, 0.4) is 0 Å². The van der Waals surface area contributed by atoms with Crippen molar-refractivity contribution in [2.45, 2.75) is 6.92 Å². The maximum absolute atomic E-state index is 3.54. The lowest BCUT2D eigenvalue weighted by atomic mass is 10.1. The van der Waals surface area contributed by atoms with E-state index < -0.39 is 0 Å². The van der Waals surface area contributed by atoms with E-state index in [1.165, 1.54) is 15.7 Å². The molecule has 0 N–H and O–H groups in total. The van der Waals surface area contributed by atoms with Gasteiger partial charge in [-0.3, -0.25) is 0 Å². The van der Waals surface area contributed by atoms with Crippen LogP contribution in [0, 0.1) is 6.92 Å². The number of hydrogen-bond donors (Lipinski definition) is 0. The number of aryl methyl sites for hydroxylation is 1. The molecule has 0 amide bonds. The Morgan fingerprint density at radius 3 is 2.47 bits per heavy atom.